The van der Waals surface area contributed by atoms with Gasteiger partial charge in [0.05, 0.1) is 21.3 Å². The lowest BCUT2D eigenvalue weighted by molar-refractivity contribution is 0.589. The van der Waals surface area contributed by atoms with Crippen LogP contribution in [0.2, 0.25) is 10.0 Å². The highest BCUT2D eigenvalue weighted by Crippen LogP contribution is 2.36. The van der Waals surface area contributed by atoms with Gasteiger partial charge in [-0.3, -0.25) is 0 Å². The standard InChI is InChI=1S/C13H9Cl2F2N/c1-18-13-8(14)5-7(6-9(13)15)12-10(16)3-2-4-11(12)17/h2-6,18H,1H3. The van der Waals surface area contributed by atoms with Crippen molar-refractivity contribution in [3.8, 4) is 11.1 Å². The molecule has 0 aliphatic rings. The molecule has 2 aromatic rings. The second-order valence-corrected chi connectivity index (χ2v) is 4.48. The fourth-order valence-corrected chi connectivity index (χ4v) is 2.41. The van der Waals surface area contributed by atoms with E-state index in [1.165, 1.54) is 30.3 Å². The third-order valence-electron chi connectivity index (χ3n) is 2.54. The lowest BCUT2D eigenvalue weighted by atomic mass is 10.0. The molecule has 2 aromatic carbocycles. The number of halogens is 4. The summed E-state index contributed by atoms with van der Waals surface area (Å²) in [4.78, 5) is 0. The quantitative estimate of drug-likeness (QED) is 0.821. The Morgan fingerprint density at radius 1 is 1.00 bits per heavy atom. The van der Waals surface area contributed by atoms with Crippen molar-refractivity contribution >= 4 is 28.9 Å². The number of hydrogen-bond acceptors (Lipinski definition) is 1. The van der Waals surface area contributed by atoms with E-state index in [1.54, 1.807) is 7.05 Å². The van der Waals surface area contributed by atoms with Gasteiger partial charge >= 0.3 is 0 Å². The lowest BCUT2D eigenvalue weighted by Crippen LogP contribution is -1.94. The molecule has 1 nitrogen and oxygen atoms in total. The second kappa shape index (κ2) is 5.12. The van der Waals surface area contributed by atoms with Gasteiger partial charge in [0.1, 0.15) is 11.6 Å². The summed E-state index contributed by atoms with van der Waals surface area (Å²) in [5, 5.41) is 3.44. The Labute approximate surface area is 113 Å². The molecule has 0 fully saturated rings. The zero-order valence-corrected chi connectivity index (χ0v) is 10.9. The van der Waals surface area contributed by atoms with Gasteiger partial charge in [0.2, 0.25) is 0 Å². The van der Waals surface area contributed by atoms with Gasteiger partial charge < -0.3 is 5.32 Å². The van der Waals surface area contributed by atoms with Gasteiger partial charge in [-0.1, -0.05) is 29.3 Å². The molecule has 0 saturated heterocycles. The first-order valence-electron chi connectivity index (χ1n) is 5.15. The highest BCUT2D eigenvalue weighted by atomic mass is 35.5. The molecule has 2 rings (SSSR count). The molecule has 0 unspecified atom stereocenters. The van der Waals surface area contributed by atoms with Gasteiger partial charge in [-0.05, 0) is 29.8 Å². The predicted molar refractivity (Wildman–Crippen MR) is 71.4 cm³/mol. The Balaban J connectivity index is 2.66. The topological polar surface area (TPSA) is 12.0 Å². The van der Waals surface area contributed by atoms with Crippen LogP contribution in [0.3, 0.4) is 0 Å². The molecule has 0 aromatic heterocycles. The molecule has 0 bridgehead atoms. The maximum Gasteiger partial charge on any atom is 0.133 e. The zero-order valence-electron chi connectivity index (χ0n) is 9.40. The van der Waals surface area contributed by atoms with Gasteiger partial charge in [0, 0.05) is 7.05 Å². The van der Waals surface area contributed by atoms with E-state index in [0.717, 1.165) is 0 Å². The second-order valence-electron chi connectivity index (χ2n) is 3.66. The molecule has 0 aliphatic carbocycles. The maximum atomic E-state index is 13.6. The fraction of sp³-hybridized carbons (Fsp3) is 0.0769. The van der Waals surface area contributed by atoms with Gasteiger partial charge in [0.25, 0.3) is 0 Å². The Morgan fingerprint density at radius 2 is 1.50 bits per heavy atom. The number of rotatable bonds is 2. The van der Waals surface area contributed by atoms with E-state index >= 15 is 0 Å². The van der Waals surface area contributed by atoms with Crippen LogP contribution in [0.1, 0.15) is 0 Å². The van der Waals surface area contributed by atoms with Crippen LogP contribution >= 0.6 is 23.2 Å². The number of hydrogen-bond donors (Lipinski definition) is 1. The minimum atomic E-state index is -0.653. The normalized spacial score (nSPS) is 10.5. The highest BCUT2D eigenvalue weighted by Gasteiger charge is 2.14. The van der Waals surface area contributed by atoms with E-state index < -0.39 is 11.6 Å². The smallest absolute Gasteiger partial charge is 0.133 e. The minimum Gasteiger partial charge on any atom is -0.386 e. The first-order chi connectivity index (χ1) is 8.54. The largest absolute Gasteiger partial charge is 0.386 e. The van der Waals surface area contributed by atoms with Gasteiger partial charge in [-0.25, -0.2) is 8.78 Å². The van der Waals surface area contributed by atoms with Crippen molar-refractivity contribution in [3.63, 3.8) is 0 Å². The van der Waals surface area contributed by atoms with Crippen LogP contribution in [0.5, 0.6) is 0 Å². The molecule has 0 saturated carbocycles. The van der Waals surface area contributed by atoms with Crippen molar-refractivity contribution in [3.05, 3.63) is 52.0 Å². The van der Waals surface area contributed by atoms with Crippen molar-refractivity contribution < 1.29 is 8.78 Å². The summed E-state index contributed by atoms with van der Waals surface area (Å²) in [5.74, 6) is -1.31. The van der Waals surface area contributed by atoms with Crippen molar-refractivity contribution in [1.82, 2.24) is 0 Å². The Kier molecular flexibility index (Phi) is 3.73. The monoisotopic (exact) mass is 287 g/mol. The molecule has 0 radical (unpaired) electrons. The number of benzene rings is 2. The van der Waals surface area contributed by atoms with E-state index in [9.17, 15) is 8.78 Å². The molecule has 18 heavy (non-hydrogen) atoms. The average Bonchev–Trinajstić information content (AvgIpc) is 2.28. The molecular weight excluding hydrogens is 279 g/mol. The van der Waals surface area contributed by atoms with Crippen molar-refractivity contribution in [2.45, 2.75) is 0 Å². The summed E-state index contributed by atoms with van der Waals surface area (Å²) in [5.41, 5.74) is 0.697. The molecule has 94 valence electrons. The van der Waals surface area contributed by atoms with E-state index in [0.29, 0.717) is 21.3 Å². The molecule has 0 aliphatic heterocycles. The Morgan fingerprint density at radius 3 is 1.94 bits per heavy atom. The molecule has 0 spiro atoms. The average molecular weight is 288 g/mol. The Hall–Kier alpha value is -1.32. The molecule has 0 heterocycles. The first-order valence-corrected chi connectivity index (χ1v) is 5.91. The fourth-order valence-electron chi connectivity index (χ4n) is 1.73. The van der Waals surface area contributed by atoms with Gasteiger partial charge in [-0.15, -0.1) is 0 Å². The van der Waals surface area contributed by atoms with Crippen molar-refractivity contribution in [2.24, 2.45) is 0 Å². The van der Waals surface area contributed by atoms with Gasteiger partial charge in [0.15, 0.2) is 0 Å². The predicted octanol–water partition coefficient (Wildman–Crippen LogP) is 4.98. The van der Waals surface area contributed by atoms with Crippen LogP contribution in [0.4, 0.5) is 14.5 Å². The summed E-state index contributed by atoms with van der Waals surface area (Å²) in [6, 6.07) is 6.62. The summed E-state index contributed by atoms with van der Waals surface area (Å²) >= 11 is 12.0. The maximum absolute atomic E-state index is 13.6. The van der Waals surface area contributed by atoms with Crippen LogP contribution in [0, 0.1) is 11.6 Å². The van der Waals surface area contributed by atoms with Crippen LogP contribution in [0.15, 0.2) is 30.3 Å². The van der Waals surface area contributed by atoms with Crippen LogP contribution in [-0.2, 0) is 0 Å². The Bertz CT molecular complexity index is 556. The van der Waals surface area contributed by atoms with Crippen LogP contribution < -0.4 is 5.32 Å². The third-order valence-corrected chi connectivity index (χ3v) is 3.14. The van der Waals surface area contributed by atoms with E-state index in [1.807, 2.05) is 0 Å². The summed E-state index contributed by atoms with van der Waals surface area (Å²) in [6.07, 6.45) is 0. The minimum absolute atomic E-state index is 0.135. The molecule has 0 amide bonds. The van der Waals surface area contributed by atoms with E-state index in [4.69, 9.17) is 23.2 Å². The van der Waals surface area contributed by atoms with Crippen molar-refractivity contribution in [1.29, 1.82) is 0 Å². The third kappa shape index (κ3) is 2.28. The van der Waals surface area contributed by atoms with Crippen LogP contribution in [-0.4, -0.2) is 7.05 Å². The summed E-state index contributed by atoms with van der Waals surface area (Å²) in [6.45, 7) is 0. The summed E-state index contributed by atoms with van der Waals surface area (Å²) < 4.78 is 27.3. The SMILES string of the molecule is CNc1c(Cl)cc(-c2c(F)cccc2F)cc1Cl. The van der Waals surface area contributed by atoms with Crippen LogP contribution in [0.25, 0.3) is 11.1 Å². The molecular formula is C13H9Cl2F2N. The molecule has 5 heteroatoms. The number of anilines is 1. The summed E-state index contributed by atoms with van der Waals surface area (Å²) in [7, 11) is 1.66. The van der Waals surface area contributed by atoms with Gasteiger partial charge in [-0.2, -0.15) is 0 Å². The van der Waals surface area contributed by atoms with E-state index in [-0.39, 0.29) is 5.56 Å². The van der Waals surface area contributed by atoms with Crippen molar-refractivity contribution in [2.75, 3.05) is 12.4 Å². The molecule has 1 N–H and O–H groups in total. The van der Waals surface area contributed by atoms with E-state index in [2.05, 4.69) is 5.32 Å². The zero-order chi connectivity index (χ0) is 13.3. The highest BCUT2D eigenvalue weighted by molar-refractivity contribution is 6.39. The molecule has 0 atom stereocenters. The lowest BCUT2D eigenvalue weighted by Gasteiger charge is -2.10. The first kappa shape index (κ1) is 13.1. The number of nitrogens with one attached hydrogen (secondary N) is 1.